The number of benzene rings is 2. The van der Waals surface area contributed by atoms with Gasteiger partial charge in [0.1, 0.15) is 10.7 Å². The Morgan fingerprint density at radius 3 is 2.44 bits per heavy atom. The molecule has 0 spiro atoms. The molecule has 0 aliphatic heterocycles. The number of para-hydroxylation sites is 2. The van der Waals surface area contributed by atoms with Crippen LogP contribution in [0.2, 0.25) is 10.2 Å². The molecule has 1 N–H and O–H groups in total. The molecule has 1 aromatic heterocycles. The van der Waals surface area contributed by atoms with Gasteiger partial charge in [0.05, 0.1) is 22.1 Å². The number of amides is 1. The van der Waals surface area contributed by atoms with Gasteiger partial charge in [-0.25, -0.2) is 9.48 Å². The van der Waals surface area contributed by atoms with Crippen molar-refractivity contribution in [2.24, 2.45) is 0 Å². The fraction of sp³-hybridized carbons (Fsp3) is 0.105. The number of aryl methyl sites for hydroxylation is 1. The topological polar surface area (TPSA) is 73.2 Å². The summed E-state index contributed by atoms with van der Waals surface area (Å²) in [5.41, 5.74) is 1.67. The second-order valence-corrected chi connectivity index (χ2v) is 6.37. The van der Waals surface area contributed by atoms with Crippen LogP contribution >= 0.6 is 23.2 Å². The van der Waals surface area contributed by atoms with Gasteiger partial charge in [-0.3, -0.25) is 4.79 Å². The fourth-order valence-corrected chi connectivity index (χ4v) is 2.96. The molecular formula is C19H15Cl2N3O3. The van der Waals surface area contributed by atoms with Gasteiger partial charge in [0.25, 0.3) is 5.91 Å². The molecule has 0 saturated heterocycles. The van der Waals surface area contributed by atoms with Gasteiger partial charge in [-0.1, -0.05) is 53.5 Å². The van der Waals surface area contributed by atoms with Crippen LogP contribution in [0.15, 0.2) is 54.6 Å². The Bertz CT molecular complexity index is 987. The summed E-state index contributed by atoms with van der Waals surface area (Å²) in [7, 11) is 0. The third kappa shape index (κ3) is 4.30. The van der Waals surface area contributed by atoms with Crippen molar-refractivity contribution in [2.45, 2.75) is 6.92 Å². The predicted octanol–water partition coefficient (Wildman–Crippen LogP) is 4.28. The van der Waals surface area contributed by atoms with Gasteiger partial charge in [0, 0.05) is 0 Å². The number of rotatable bonds is 5. The van der Waals surface area contributed by atoms with E-state index in [4.69, 9.17) is 27.9 Å². The van der Waals surface area contributed by atoms with Crippen molar-refractivity contribution in [3.8, 4) is 5.69 Å². The van der Waals surface area contributed by atoms with Gasteiger partial charge in [0.15, 0.2) is 6.61 Å². The Morgan fingerprint density at radius 2 is 1.74 bits per heavy atom. The SMILES string of the molecule is Cc1nn(-c2ccccc2)c(Cl)c1C(=O)OCC(=O)Nc1ccccc1Cl. The highest BCUT2D eigenvalue weighted by Gasteiger charge is 2.23. The molecule has 27 heavy (non-hydrogen) atoms. The number of aromatic nitrogens is 2. The van der Waals surface area contributed by atoms with E-state index in [9.17, 15) is 9.59 Å². The third-order valence-corrected chi connectivity index (χ3v) is 4.37. The second-order valence-electron chi connectivity index (χ2n) is 5.60. The molecule has 1 heterocycles. The van der Waals surface area contributed by atoms with E-state index >= 15 is 0 Å². The lowest BCUT2D eigenvalue weighted by atomic mass is 10.2. The van der Waals surface area contributed by atoms with Crippen LogP contribution in [0.5, 0.6) is 0 Å². The average Bonchev–Trinajstić information content (AvgIpc) is 2.97. The van der Waals surface area contributed by atoms with Crippen LogP contribution in [-0.2, 0) is 9.53 Å². The summed E-state index contributed by atoms with van der Waals surface area (Å²) in [6.07, 6.45) is 0. The highest BCUT2D eigenvalue weighted by molar-refractivity contribution is 6.34. The van der Waals surface area contributed by atoms with Crippen molar-refractivity contribution >= 4 is 40.8 Å². The molecule has 0 aliphatic rings. The molecule has 0 fully saturated rings. The smallest absolute Gasteiger partial charge is 0.343 e. The number of nitrogens with zero attached hydrogens (tertiary/aromatic N) is 2. The maximum atomic E-state index is 12.4. The first-order valence-corrected chi connectivity index (χ1v) is 8.75. The first-order chi connectivity index (χ1) is 13.0. The summed E-state index contributed by atoms with van der Waals surface area (Å²) >= 11 is 12.3. The van der Waals surface area contributed by atoms with Gasteiger partial charge in [-0.15, -0.1) is 0 Å². The van der Waals surface area contributed by atoms with Crippen LogP contribution in [0.25, 0.3) is 5.69 Å². The molecule has 3 aromatic rings. The van der Waals surface area contributed by atoms with E-state index in [2.05, 4.69) is 10.4 Å². The predicted molar refractivity (Wildman–Crippen MR) is 104 cm³/mol. The summed E-state index contributed by atoms with van der Waals surface area (Å²) in [6, 6.07) is 15.9. The third-order valence-electron chi connectivity index (χ3n) is 3.69. The Hall–Kier alpha value is -2.83. The lowest BCUT2D eigenvalue weighted by molar-refractivity contribution is -0.119. The number of esters is 1. The van der Waals surface area contributed by atoms with Gasteiger partial charge >= 0.3 is 5.97 Å². The highest BCUT2D eigenvalue weighted by Crippen LogP contribution is 2.24. The number of carbonyl (C=O) groups is 2. The minimum Gasteiger partial charge on any atom is -0.452 e. The zero-order chi connectivity index (χ0) is 19.4. The van der Waals surface area contributed by atoms with E-state index in [1.807, 2.05) is 30.3 Å². The number of anilines is 1. The minimum absolute atomic E-state index is 0.117. The molecule has 0 aliphatic carbocycles. The van der Waals surface area contributed by atoms with Crippen LogP contribution in [0.3, 0.4) is 0 Å². The molecule has 138 valence electrons. The number of ether oxygens (including phenoxy) is 1. The summed E-state index contributed by atoms with van der Waals surface area (Å²) in [6.45, 7) is 1.17. The van der Waals surface area contributed by atoms with Crippen molar-refractivity contribution in [1.82, 2.24) is 9.78 Å². The summed E-state index contributed by atoms with van der Waals surface area (Å²) < 4.78 is 6.52. The lowest BCUT2D eigenvalue weighted by Crippen LogP contribution is -2.21. The fourth-order valence-electron chi connectivity index (χ4n) is 2.42. The summed E-state index contributed by atoms with van der Waals surface area (Å²) in [5, 5.41) is 7.36. The molecule has 6 nitrogen and oxygen atoms in total. The Kier molecular flexibility index (Phi) is 5.78. The normalized spacial score (nSPS) is 10.5. The molecule has 3 rings (SSSR count). The van der Waals surface area contributed by atoms with E-state index in [0.29, 0.717) is 22.1 Å². The van der Waals surface area contributed by atoms with Crippen LogP contribution in [0.4, 0.5) is 5.69 Å². The van der Waals surface area contributed by atoms with Gasteiger partial charge in [-0.2, -0.15) is 5.10 Å². The van der Waals surface area contributed by atoms with Crippen LogP contribution in [-0.4, -0.2) is 28.3 Å². The van der Waals surface area contributed by atoms with E-state index in [1.54, 1.807) is 31.2 Å². The Labute approximate surface area is 165 Å². The molecule has 0 radical (unpaired) electrons. The minimum atomic E-state index is -0.728. The summed E-state index contributed by atoms with van der Waals surface area (Å²) in [4.78, 5) is 24.4. The molecule has 0 unspecified atom stereocenters. The number of hydrogen-bond donors (Lipinski definition) is 1. The number of hydrogen-bond acceptors (Lipinski definition) is 4. The molecule has 2 aromatic carbocycles. The van der Waals surface area contributed by atoms with Crippen LogP contribution in [0.1, 0.15) is 16.1 Å². The molecule has 1 amide bonds. The molecule has 0 bridgehead atoms. The zero-order valence-corrected chi connectivity index (χ0v) is 15.8. The zero-order valence-electron chi connectivity index (χ0n) is 14.3. The van der Waals surface area contributed by atoms with Crippen LogP contribution < -0.4 is 5.32 Å². The van der Waals surface area contributed by atoms with Crippen molar-refractivity contribution in [1.29, 1.82) is 0 Å². The van der Waals surface area contributed by atoms with E-state index in [1.165, 1.54) is 4.68 Å². The van der Waals surface area contributed by atoms with Crippen molar-refractivity contribution in [3.63, 3.8) is 0 Å². The van der Waals surface area contributed by atoms with Crippen molar-refractivity contribution in [3.05, 3.63) is 76.0 Å². The van der Waals surface area contributed by atoms with Gasteiger partial charge in [0.2, 0.25) is 0 Å². The standard InChI is InChI=1S/C19H15Cl2N3O3/c1-12-17(18(21)24(23-12)13-7-3-2-4-8-13)19(26)27-11-16(25)22-15-10-6-5-9-14(15)20/h2-10H,11H2,1H3,(H,22,25). The Morgan fingerprint density at radius 1 is 1.07 bits per heavy atom. The first kappa shape index (κ1) is 18.9. The number of carbonyl (C=O) groups excluding carboxylic acids is 2. The van der Waals surface area contributed by atoms with E-state index in [0.717, 1.165) is 0 Å². The van der Waals surface area contributed by atoms with Gasteiger partial charge in [-0.05, 0) is 31.2 Å². The quantitative estimate of drug-likeness (QED) is 0.645. The average molecular weight is 404 g/mol. The maximum absolute atomic E-state index is 12.4. The largest absolute Gasteiger partial charge is 0.452 e. The summed E-state index contributed by atoms with van der Waals surface area (Å²) in [5.74, 6) is -1.24. The molecule has 0 saturated carbocycles. The van der Waals surface area contributed by atoms with Gasteiger partial charge < -0.3 is 10.1 Å². The number of nitrogens with one attached hydrogen (secondary N) is 1. The first-order valence-electron chi connectivity index (χ1n) is 7.99. The maximum Gasteiger partial charge on any atom is 0.343 e. The lowest BCUT2D eigenvalue weighted by Gasteiger charge is -2.08. The van der Waals surface area contributed by atoms with Crippen molar-refractivity contribution < 1.29 is 14.3 Å². The van der Waals surface area contributed by atoms with Crippen molar-refractivity contribution in [2.75, 3.05) is 11.9 Å². The molecular weight excluding hydrogens is 389 g/mol. The van der Waals surface area contributed by atoms with E-state index < -0.39 is 18.5 Å². The molecule has 8 heteroatoms. The van der Waals surface area contributed by atoms with Crippen LogP contribution in [0, 0.1) is 6.92 Å². The monoisotopic (exact) mass is 403 g/mol. The van der Waals surface area contributed by atoms with E-state index in [-0.39, 0.29) is 10.7 Å². The highest BCUT2D eigenvalue weighted by atomic mass is 35.5. The Balaban J connectivity index is 1.69. The number of halogens is 2. The molecule has 0 atom stereocenters. The second kappa shape index (κ2) is 8.24.